The highest BCUT2D eigenvalue weighted by Crippen LogP contribution is 2.38. The highest BCUT2D eigenvalue weighted by Gasteiger charge is 2.36. The molecule has 1 fully saturated rings. The summed E-state index contributed by atoms with van der Waals surface area (Å²) in [5.74, 6) is -0.249. The van der Waals surface area contributed by atoms with Gasteiger partial charge in [0.05, 0.1) is 5.54 Å². The monoisotopic (exact) mass is 328 g/mol. The molecule has 0 aromatic heterocycles. The molecule has 3 rings (SSSR count). The zero-order valence-corrected chi connectivity index (χ0v) is 14.0. The van der Waals surface area contributed by atoms with Gasteiger partial charge in [-0.05, 0) is 61.8 Å². The Morgan fingerprint density at radius 3 is 2.22 bits per heavy atom. The average Bonchev–Trinajstić information content (AvgIpc) is 2.99. The van der Waals surface area contributed by atoms with Crippen LogP contribution in [0.3, 0.4) is 0 Å². The molecule has 23 heavy (non-hydrogen) atoms. The number of nitrogens with one attached hydrogen (secondary N) is 2. The molecular weight excluding hydrogens is 307 g/mol. The normalized spacial score (nSPS) is 16.1. The predicted octanol–water partition coefficient (Wildman–Crippen LogP) is 4.89. The van der Waals surface area contributed by atoms with Crippen molar-refractivity contribution in [2.45, 2.75) is 38.1 Å². The SMILES string of the molecule is Cc1ccc(C2(NC(=S)Nc3ccc(F)cc3)CCCC2)cc1. The van der Waals surface area contributed by atoms with Gasteiger partial charge in [0.15, 0.2) is 5.11 Å². The summed E-state index contributed by atoms with van der Waals surface area (Å²) in [6.07, 6.45) is 4.53. The van der Waals surface area contributed by atoms with Crippen LogP contribution >= 0.6 is 12.2 Å². The summed E-state index contributed by atoms with van der Waals surface area (Å²) in [5, 5.41) is 7.26. The van der Waals surface area contributed by atoms with Gasteiger partial charge in [0.1, 0.15) is 5.82 Å². The molecule has 0 radical (unpaired) electrons. The lowest BCUT2D eigenvalue weighted by molar-refractivity contribution is 0.408. The van der Waals surface area contributed by atoms with Gasteiger partial charge >= 0.3 is 0 Å². The summed E-state index contributed by atoms with van der Waals surface area (Å²) in [6, 6.07) is 14.9. The van der Waals surface area contributed by atoms with E-state index in [1.165, 1.54) is 36.1 Å². The lowest BCUT2D eigenvalue weighted by atomic mass is 9.88. The van der Waals surface area contributed by atoms with Crippen LogP contribution < -0.4 is 10.6 Å². The van der Waals surface area contributed by atoms with E-state index in [0.717, 1.165) is 18.5 Å². The molecule has 120 valence electrons. The highest BCUT2D eigenvalue weighted by atomic mass is 32.1. The van der Waals surface area contributed by atoms with E-state index in [4.69, 9.17) is 12.2 Å². The van der Waals surface area contributed by atoms with Gasteiger partial charge in [-0.2, -0.15) is 0 Å². The van der Waals surface area contributed by atoms with Crippen molar-refractivity contribution in [1.29, 1.82) is 0 Å². The van der Waals surface area contributed by atoms with E-state index < -0.39 is 0 Å². The molecule has 0 spiro atoms. The minimum absolute atomic E-state index is 0.0994. The molecule has 2 aromatic rings. The molecule has 0 unspecified atom stereocenters. The van der Waals surface area contributed by atoms with Gasteiger partial charge < -0.3 is 10.6 Å². The fraction of sp³-hybridized carbons (Fsp3) is 0.316. The number of benzene rings is 2. The van der Waals surface area contributed by atoms with Crippen LogP contribution in [0.4, 0.5) is 10.1 Å². The lowest BCUT2D eigenvalue weighted by Crippen LogP contribution is -2.45. The molecule has 0 heterocycles. The van der Waals surface area contributed by atoms with Gasteiger partial charge in [-0.15, -0.1) is 0 Å². The van der Waals surface area contributed by atoms with Crippen LogP contribution in [0.15, 0.2) is 48.5 Å². The minimum Gasteiger partial charge on any atom is -0.353 e. The Morgan fingerprint density at radius 2 is 1.61 bits per heavy atom. The van der Waals surface area contributed by atoms with Crippen LogP contribution in [0.2, 0.25) is 0 Å². The summed E-state index contributed by atoms with van der Waals surface area (Å²) < 4.78 is 13.0. The zero-order chi connectivity index (χ0) is 16.3. The van der Waals surface area contributed by atoms with Gasteiger partial charge in [-0.1, -0.05) is 42.7 Å². The molecule has 0 saturated heterocycles. The lowest BCUT2D eigenvalue weighted by Gasteiger charge is -2.32. The van der Waals surface area contributed by atoms with E-state index in [-0.39, 0.29) is 11.4 Å². The first-order chi connectivity index (χ1) is 11.1. The second-order valence-corrected chi connectivity index (χ2v) is 6.65. The van der Waals surface area contributed by atoms with Crippen molar-refractivity contribution >= 4 is 23.0 Å². The summed E-state index contributed by atoms with van der Waals surface area (Å²) in [4.78, 5) is 0. The third-order valence-electron chi connectivity index (χ3n) is 4.52. The number of aryl methyl sites for hydroxylation is 1. The Bertz CT molecular complexity index is 674. The van der Waals surface area contributed by atoms with Crippen LogP contribution in [0, 0.1) is 12.7 Å². The summed E-state index contributed by atoms with van der Waals surface area (Å²) in [5.41, 5.74) is 3.23. The molecular formula is C19H21FN2S. The minimum atomic E-state index is -0.249. The second-order valence-electron chi connectivity index (χ2n) is 6.24. The van der Waals surface area contributed by atoms with E-state index in [9.17, 15) is 4.39 Å². The van der Waals surface area contributed by atoms with Crippen molar-refractivity contribution < 1.29 is 4.39 Å². The van der Waals surface area contributed by atoms with E-state index >= 15 is 0 Å². The third kappa shape index (κ3) is 3.70. The number of hydrogen-bond acceptors (Lipinski definition) is 1. The fourth-order valence-corrected chi connectivity index (χ4v) is 3.56. The van der Waals surface area contributed by atoms with E-state index in [1.54, 1.807) is 12.1 Å². The largest absolute Gasteiger partial charge is 0.353 e. The van der Waals surface area contributed by atoms with Crippen molar-refractivity contribution in [2.24, 2.45) is 0 Å². The summed E-state index contributed by atoms with van der Waals surface area (Å²) in [6.45, 7) is 2.10. The molecule has 1 saturated carbocycles. The van der Waals surface area contributed by atoms with Crippen molar-refractivity contribution in [1.82, 2.24) is 5.32 Å². The van der Waals surface area contributed by atoms with Crippen LogP contribution in [0.1, 0.15) is 36.8 Å². The third-order valence-corrected chi connectivity index (χ3v) is 4.72. The number of halogens is 1. The molecule has 0 bridgehead atoms. The molecule has 2 aromatic carbocycles. The maximum atomic E-state index is 13.0. The van der Waals surface area contributed by atoms with Crippen molar-refractivity contribution in [3.05, 3.63) is 65.5 Å². The molecule has 2 N–H and O–H groups in total. The predicted molar refractivity (Wildman–Crippen MR) is 97.1 cm³/mol. The quantitative estimate of drug-likeness (QED) is 0.785. The molecule has 0 aliphatic heterocycles. The van der Waals surface area contributed by atoms with E-state index in [1.807, 2.05) is 0 Å². The van der Waals surface area contributed by atoms with Crippen molar-refractivity contribution in [2.75, 3.05) is 5.32 Å². The number of hydrogen-bond donors (Lipinski definition) is 2. The first-order valence-corrected chi connectivity index (χ1v) is 8.40. The fourth-order valence-electron chi connectivity index (χ4n) is 3.25. The Kier molecular flexibility index (Phi) is 4.62. The number of thiocarbonyl (C=S) groups is 1. The standard InChI is InChI=1S/C19H21FN2S/c1-14-4-6-15(7-5-14)19(12-2-3-13-19)22-18(23)21-17-10-8-16(20)9-11-17/h4-11H,2-3,12-13H2,1H3,(H2,21,22,23). The Hall–Kier alpha value is -1.94. The maximum absolute atomic E-state index is 13.0. The van der Waals surface area contributed by atoms with Crippen LogP contribution in [-0.4, -0.2) is 5.11 Å². The van der Waals surface area contributed by atoms with Crippen LogP contribution in [0.5, 0.6) is 0 Å². The molecule has 0 atom stereocenters. The van der Waals surface area contributed by atoms with Gasteiger partial charge in [-0.3, -0.25) is 0 Å². The smallest absolute Gasteiger partial charge is 0.171 e. The van der Waals surface area contributed by atoms with E-state index in [0.29, 0.717) is 5.11 Å². The Morgan fingerprint density at radius 1 is 1.00 bits per heavy atom. The first kappa shape index (κ1) is 15.9. The molecule has 0 amide bonds. The Balaban J connectivity index is 1.75. The zero-order valence-electron chi connectivity index (χ0n) is 13.2. The van der Waals surface area contributed by atoms with E-state index in [2.05, 4.69) is 41.8 Å². The summed E-state index contributed by atoms with van der Waals surface area (Å²) >= 11 is 5.49. The molecule has 1 aliphatic carbocycles. The van der Waals surface area contributed by atoms with Crippen LogP contribution in [0.25, 0.3) is 0 Å². The molecule has 4 heteroatoms. The first-order valence-electron chi connectivity index (χ1n) is 7.99. The second kappa shape index (κ2) is 6.67. The van der Waals surface area contributed by atoms with Gasteiger partial charge in [0.2, 0.25) is 0 Å². The molecule has 2 nitrogen and oxygen atoms in total. The van der Waals surface area contributed by atoms with Gasteiger partial charge in [0.25, 0.3) is 0 Å². The Labute approximate surface area is 142 Å². The highest BCUT2D eigenvalue weighted by molar-refractivity contribution is 7.80. The van der Waals surface area contributed by atoms with Crippen LogP contribution in [-0.2, 0) is 5.54 Å². The van der Waals surface area contributed by atoms with Crippen molar-refractivity contribution in [3.8, 4) is 0 Å². The van der Waals surface area contributed by atoms with Crippen molar-refractivity contribution in [3.63, 3.8) is 0 Å². The van der Waals surface area contributed by atoms with Gasteiger partial charge in [0, 0.05) is 5.69 Å². The van der Waals surface area contributed by atoms with Gasteiger partial charge in [-0.25, -0.2) is 4.39 Å². The number of anilines is 1. The molecule has 1 aliphatic rings. The topological polar surface area (TPSA) is 24.1 Å². The maximum Gasteiger partial charge on any atom is 0.171 e. The number of rotatable bonds is 3. The average molecular weight is 328 g/mol. The summed E-state index contributed by atoms with van der Waals surface area (Å²) in [7, 11) is 0.